The number of hydrogen-bond acceptors (Lipinski definition) is 13. The van der Waals surface area contributed by atoms with E-state index in [0.717, 1.165) is 21.8 Å². The third-order valence-corrected chi connectivity index (χ3v) is 9.74. The molecule has 1 unspecified atom stereocenters. The fraction of sp³-hybridized carbons (Fsp3) is 0.393. The lowest BCUT2D eigenvalue weighted by atomic mass is 10.0. The highest BCUT2D eigenvalue weighted by Crippen LogP contribution is 2.40. The maximum atomic E-state index is 13.4. The molecule has 0 aliphatic carbocycles. The Labute approximate surface area is 292 Å². The molecule has 18 nitrogen and oxygen atoms in total. The van der Waals surface area contributed by atoms with Crippen LogP contribution in [0.25, 0.3) is 11.0 Å². The maximum absolute atomic E-state index is 13.4. The number of fused-ring (bicyclic) bond motifs is 2. The number of imidazole rings is 1. The summed E-state index contributed by atoms with van der Waals surface area (Å²) in [6.45, 7) is 2.69. The molecule has 2 aliphatic heterocycles. The predicted octanol–water partition coefficient (Wildman–Crippen LogP) is 0.0893. The third kappa shape index (κ3) is 7.46. The molecule has 2 aliphatic rings. The second kappa shape index (κ2) is 14.8. The van der Waals surface area contributed by atoms with Crippen molar-refractivity contribution >= 4 is 92.6 Å². The van der Waals surface area contributed by atoms with Crippen molar-refractivity contribution in [1.82, 2.24) is 35.0 Å². The van der Waals surface area contributed by atoms with Crippen LogP contribution in [0.1, 0.15) is 12.6 Å². The molecule has 5 heterocycles. The summed E-state index contributed by atoms with van der Waals surface area (Å²) in [7, 11) is 5.58. The van der Waals surface area contributed by atoms with Crippen molar-refractivity contribution in [3.05, 3.63) is 39.8 Å². The van der Waals surface area contributed by atoms with Crippen molar-refractivity contribution in [2.24, 2.45) is 10.1 Å². The van der Waals surface area contributed by atoms with E-state index in [4.69, 9.17) is 27.3 Å². The van der Waals surface area contributed by atoms with Crippen molar-refractivity contribution in [3.8, 4) is 0 Å². The Balaban J connectivity index is 1.37. The van der Waals surface area contributed by atoms with Gasteiger partial charge < -0.3 is 40.9 Å². The maximum Gasteiger partial charge on any atom is 0.352 e. The highest BCUT2D eigenvalue weighted by Gasteiger charge is 2.55. The molecular weight excluding hydrogens is 702 g/mol. The van der Waals surface area contributed by atoms with Gasteiger partial charge in [0.25, 0.3) is 11.8 Å². The molecule has 1 fully saturated rings. The van der Waals surface area contributed by atoms with E-state index in [1.807, 2.05) is 38.0 Å². The second-order valence-electron chi connectivity index (χ2n) is 11.1. The number of aliphatic imine (C=N–C) groups is 1. The Hall–Kier alpha value is -4.79. The number of carbonyl (C=O) groups excluding carboxylic acids is 2. The number of thioether (sulfide) groups is 1. The lowest BCUT2D eigenvalue weighted by Gasteiger charge is -2.49. The van der Waals surface area contributed by atoms with Gasteiger partial charge in [0.1, 0.15) is 27.1 Å². The van der Waals surface area contributed by atoms with Gasteiger partial charge in [-0.3, -0.25) is 14.5 Å². The molecule has 1 saturated heterocycles. The molecule has 49 heavy (non-hydrogen) atoms. The number of nitrogens with one attached hydrogen (secondary N) is 2. The van der Waals surface area contributed by atoms with Crippen LogP contribution in [0, 0.1) is 0 Å². The number of aliphatic carboxylic acids is 2. The Kier molecular flexibility index (Phi) is 10.7. The van der Waals surface area contributed by atoms with Crippen LogP contribution < -0.4 is 20.9 Å². The average Bonchev–Trinajstić information content (AvgIpc) is 3.57. The molecule has 3 atom stereocenters. The SMILES string of the molecule is CNCCn1c(N=CN(C)C)nc2c[n+](CC3=C(C(=O)O)N4C(=O)[C@@H](NC(=O)/C(=N\O[C@@H](C)C(=O)O)c5nc(N)sc5Cl)C4SC3)ccc21. The molecule has 3 aromatic rings. The van der Waals surface area contributed by atoms with E-state index < -0.39 is 47.0 Å². The van der Waals surface area contributed by atoms with Crippen molar-refractivity contribution in [1.29, 1.82) is 0 Å². The van der Waals surface area contributed by atoms with Crippen LogP contribution in [0.4, 0.5) is 11.1 Å². The fourth-order valence-electron chi connectivity index (χ4n) is 4.98. The number of pyridine rings is 1. The number of carbonyl (C=O) groups is 4. The van der Waals surface area contributed by atoms with Crippen molar-refractivity contribution in [2.45, 2.75) is 37.5 Å². The van der Waals surface area contributed by atoms with E-state index in [1.54, 1.807) is 22.0 Å². The summed E-state index contributed by atoms with van der Waals surface area (Å²) in [5, 5.41) is 28.0. The molecule has 260 valence electrons. The van der Waals surface area contributed by atoms with Gasteiger partial charge in [0.15, 0.2) is 35.3 Å². The molecule has 6 N–H and O–H groups in total. The summed E-state index contributed by atoms with van der Waals surface area (Å²) < 4.78 is 3.77. The number of hydrogen-bond donors (Lipinski definition) is 5. The summed E-state index contributed by atoms with van der Waals surface area (Å²) in [6, 6.07) is 0.756. The number of thiazole rings is 1. The van der Waals surface area contributed by atoms with Gasteiger partial charge in [-0.05, 0) is 14.0 Å². The summed E-state index contributed by atoms with van der Waals surface area (Å²) in [5.74, 6) is -3.46. The summed E-state index contributed by atoms with van der Waals surface area (Å²) >= 11 is 8.32. The number of nitrogens with two attached hydrogens (primary N) is 1. The van der Waals surface area contributed by atoms with Gasteiger partial charge in [-0.25, -0.2) is 24.5 Å². The van der Waals surface area contributed by atoms with E-state index in [-0.39, 0.29) is 33.2 Å². The lowest BCUT2D eigenvalue weighted by molar-refractivity contribution is -0.687. The minimum atomic E-state index is -1.42. The molecule has 21 heteroatoms. The number of anilines is 1. The van der Waals surface area contributed by atoms with Crippen molar-refractivity contribution in [2.75, 3.05) is 39.2 Å². The van der Waals surface area contributed by atoms with E-state index in [2.05, 4.69) is 30.7 Å². The van der Waals surface area contributed by atoms with Crippen molar-refractivity contribution in [3.63, 3.8) is 0 Å². The Morgan fingerprint density at radius 3 is 2.71 bits per heavy atom. The third-order valence-electron chi connectivity index (χ3n) is 7.32. The van der Waals surface area contributed by atoms with Crippen LogP contribution >= 0.6 is 34.7 Å². The first-order valence-corrected chi connectivity index (χ1v) is 16.9. The minimum absolute atomic E-state index is 0.00902. The fourth-order valence-corrected chi connectivity index (χ4v) is 7.25. The minimum Gasteiger partial charge on any atom is -0.478 e. The monoisotopic (exact) mass is 734 g/mol. The van der Waals surface area contributed by atoms with E-state index in [0.29, 0.717) is 30.1 Å². The molecule has 0 radical (unpaired) electrons. The molecule has 0 saturated carbocycles. The van der Waals surface area contributed by atoms with Gasteiger partial charge in [-0.1, -0.05) is 28.1 Å². The number of nitrogens with zero attached hydrogens (tertiary/aromatic N) is 8. The smallest absolute Gasteiger partial charge is 0.352 e. The number of amides is 2. The summed E-state index contributed by atoms with van der Waals surface area (Å²) in [5.41, 5.74) is 6.88. The summed E-state index contributed by atoms with van der Waals surface area (Å²) in [6.07, 6.45) is 3.86. The average molecular weight is 735 g/mol. The lowest BCUT2D eigenvalue weighted by Crippen LogP contribution is -2.71. The van der Waals surface area contributed by atoms with Crippen LogP contribution in [0.2, 0.25) is 4.34 Å². The zero-order valence-corrected chi connectivity index (χ0v) is 29.0. The van der Waals surface area contributed by atoms with E-state index in [1.165, 1.54) is 18.7 Å². The standard InChI is InChI=1S/C28H32ClN11O7S2/c1-13(25(43)44)47-36-18(17-21(29)49-27(30)35-17)22(41)34-19-23(42)40-20(26(45)46)14(11-48-24(19)40)9-38-7-5-16-15(10-38)33-28(32-12-37(3)4)39(16)8-6-31-2/h5,7,10,12-13,19,24,31H,6,8-9,11H2,1-4H3,(H4-,30,34,35,41,43,44,45,46)/p+1/b32-12?,36-18-/t13-,19+,24?/m0/s1. The van der Waals surface area contributed by atoms with Gasteiger partial charge in [-0.2, -0.15) is 4.57 Å². The molecular formula is C28H33ClN11O7S2+. The number of likely N-dealkylation sites (N-methyl/N-ethyl adjacent to an activating group) is 1. The number of oxime groups is 1. The van der Waals surface area contributed by atoms with Gasteiger partial charge in [-0.15, -0.1) is 11.8 Å². The number of halogens is 1. The second-order valence-corrected chi connectivity index (χ2v) is 13.8. The van der Waals surface area contributed by atoms with E-state index in [9.17, 15) is 24.3 Å². The first kappa shape index (κ1) is 35.5. The van der Waals surface area contributed by atoms with Gasteiger partial charge in [0.2, 0.25) is 12.1 Å². The Morgan fingerprint density at radius 2 is 2.08 bits per heavy atom. The zero-order chi connectivity index (χ0) is 35.6. The van der Waals surface area contributed by atoms with Gasteiger partial charge >= 0.3 is 11.9 Å². The van der Waals surface area contributed by atoms with Crippen LogP contribution in [0.5, 0.6) is 0 Å². The number of β-lactam (4-membered cyclic amide) rings is 1. The molecule has 0 bridgehead atoms. The van der Waals surface area contributed by atoms with Crippen LogP contribution in [0.15, 0.2) is 39.9 Å². The highest BCUT2D eigenvalue weighted by molar-refractivity contribution is 8.00. The number of nitrogen functional groups attached to an aromatic ring is 1. The zero-order valence-electron chi connectivity index (χ0n) is 26.7. The molecule has 3 aromatic heterocycles. The number of rotatable bonds is 14. The molecule has 0 aromatic carbocycles. The number of carboxylic acid groups (broad SMARTS) is 2. The van der Waals surface area contributed by atoms with Crippen LogP contribution in [-0.4, -0.2) is 121 Å². The van der Waals surface area contributed by atoms with Crippen LogP contribution in [0.3, 0.4) is 0 Å². The molecule has 5 rings (SSSR count). The topological polar surface area (TPSA) is 234 Å². The largest absolute Gasteiger partial charge is 0.478 e. The highest BCUT2D eigenvalue weighted by atomic mass is 35.5. The Bertz CT molecular complexity index is 1910. The number of aromatic nitrogens is 4. The van der Waals surface area contributed by atoms with Crippen LogP contribution in [-0.2, 0) is 37.1 Å². The van der Waals surface area contributed by atoms with Crippen molar-refractivity contribution < 1.29 is 38.8 Å². The van der Waals surface area contributed by atoms with Gasteiger partial charge in [0.05, 0.1) is 11.9 Å². The quantitative estimate of drug-likeness (QED) is 0.0486. The molecule has 2 amide bonds. The molecule has 0 spiro atoms. The normalized spacial score (nSPS) is 18.4. The Morgan fingerprint density at radius 1 is 1.33 bits per heavy atom. The first-order chi connectivity index (χ1) is 23.3. The number of carboxylic acids is 2. The van der Waals surface area contributed by atoms with Gasteiger partial charge in [0, 0.05) is 44.6 Å². The first-order valence-electron chi connectivity index (χ1n) is 14.6. The van der Waals surface area contributed by atoms with E-state index >= 15 is 0 Å². The predicted molar refractivity (Wildman–Crippen MR) is 182 cm³/mol. The summed E-state index contributed by atoms with van der Waals surface area (Å²) in [4.78, 5) is 71.6.